The first kappa shape index (κ1) is 15.3. The van der Waals surface area contributed by atoms with Crippen LogP contribution in [0.25, 0.3) is 0 Å². The van der Waals surface area contributed by atoms with Gasteiger partial charge in [-0.3, -0.25) is 9.59 Å². The molecule has 2 heterocycles. The van der Waals surface area contributed by atoms with Crippen LogP contribution in [-0.4, -0.2) is 35.8 Å². The minimum atomic E-state index is -0.561. The van der Waals surface area contributed by atoms with Crippen LogP contribution in [0, 0.1) is 0 Å². The summed E-state index contributed by atoms with van der Waals surface area (Å²) >= 11 is 0. The SMILES string of the molecule is NCCNC(=O)C1Cc2ccccc2CN1C(=O)c1ccco1. The molecular formula is C17H19N3O3. The van der Waals surface area contributed by atoms with Gasteiger partial charge in [-0.05, 0) is 23.3 Å². The van der Waals surface area contributed by atoms with Crippen LogP contribution < -0.4 is 11.1 Å². The fourth-order valence-corrected chi connectivity index (χ4v) is 2.83. The van der Waals surface area contributed by atoms with E-state index in [1.807, 2.05) is 24.3 Å². The van der Waals surface area contributed by atoms with Crippen molar-refractivity contribution in [3.8, 4) is 0 Å². The van der Waals surface area contributed by atoms with Gasteiger partial charge in [-0.25, -0.2) is 0 Å². The van der Waals surface area contributed by atoms with Crippen molar-refractivity contribution < 1.29 is 14.0 Å². The summed E-state index contributed by atoms with van der Waals surface area (Å²) < 4.78 is 5.20. The van der Waals surface area contributed by atoms with Gasteiger partial charge in [0.2, 0.25) is 5.91 Å². The van der Waals surface area contributed by atoms with E-state index in [-0.39, 0.29) is 17.6 Å². The van der Waals surface area contributed by atoms with Crippen LogP contribution in [0.1, 0.15) is 21.7 Å². The van der Waals surface area contributed by atoms with Gasteiger partial charge in [-0.1, -0.05) is 24.3 Å². The molecule has 0 bridgehead atoms. The van der Waals surface area contributed by atoms with Crippen molar-refractivity contribution in [3.05, 3.63) is 59.5 Å². The molecule has 1 aliphatic heterocycles. The van der Waals surface area contributed by atoms with E-state index < -0.39 is 6.04 Å². The lowest BCUT2D eigenvalue weighted by atomic mass is 9.93. The number of fused-ring (bicyclic) bond motifs is 1. The van der Waals surface area contributed by atoms with Crippen molar-refractivity contribution >= 4 is 11.8 Å². The molecule has 2 aromatic rings. The van der Waals surface area contributed by atoms with E-state index in [2.05, 4.69) is 5.32 Å². The van der Waals surface area contributed by atoms with Crippen molar-refractivity contribution in [1.82, 2.24) is 10.2 Å². The zero-order valence-corrected chi connectivity index (χ0v) is 12.7. The van der Waals surface area contributed by atoms with E-state index in [0.29, 0.717) is 26.1 Å². The fraction of sp³-hybridized carbons (Fsp3) is 0.294. The summed E-state index contributed by atoms with van der Waals surface area (Å²) in [6.07, 6.45) is 1.94. The van der Waals surface area contributed by atoms with Gasteiger partial charge >= 0.3 is 0 Å². The minimum absolute atomic E-state index is 0.190. The Balaban J connectivity index is 1.89. The van der Waals surface area contributed by atoms with Crippen LogP contribution in [0.2, 0.25) is 0 Å². The Morgan fingerprint density at radius 3 is 2.70 bits per heavy atom. The maximum atomic E-state index is 12.7. The van der Waals surface area contributed by atoms with Gasteiger partial charge in [0.05, 0.1) is 6.26 Å². The van der Waals surface area contributed by atoms with E-state index in [9.17, 15) is 9.59 Å². The van der Waals surface area contributed by atoms with Crippen LogP contribution in [0.5, 0.6) is 0 Å². The lowest BCUT2D eigenvalue weighted by molar-refractivity contribution is -0.126. The summed E-state index contributed by atoms with van der Waals surface area (Å²) in [4.78, 5) is 26.7. The van der Waals surface area contributed by atoms with Gasteiger partial charge in [0, 0.05) is 26.1 Å². The van der Waals surface area contributed by atoms with Gasteiger partial charge in [0.15, 0.2) is 5.76 Å². The largest absolute Gasteiger partial charge is 0.459 e. The van der Waals surface area contributed by atoms with Gasteiger partial charge in [0.25, 0.3) is 5.91 Å². The van der Waals surface area contributed by atoms with Crippen molar-refractivity contribution in [2.45, 2.75) is 19.0 Å². The Hall–Kier alpha value is -2.60. The number of furan rings is 1. The van der Waals surface area contributed by atoms with E-state index >= 15 is 0 Å². The Morgan fingerprint density at radius 1 is 1.22 bits per heavy atom. The Labute approximate surface area is 134 Å². The maximum Gasteiger partial charge on any atom is 0.290 e. The first-order chi connectivity index (χ1) is 11.2. The van der Waals surface area contributed by atoms with Crippen molar-refractivity contribution in [1.29, 1.82) is 0 Å². The monoisotopic (exact) mass is 313 g/mol. The van der Waals surface area contributed by atoms with Gasteiger partial charge in [-0.15, -0.1) is 0 Å². The molecule has 0 spiro atoms. The third kappa shape index (κ3) is 3.12. The Kier molecular flexibility index (Phi) is 4.43. The highest BCUT2D eigenvalue weighted by atomic mass is 16.3. The molecule has 1 aromatic carbocycles. The Bertz CT molecular complexity index is 697. The van der Waals surface area contributed by atoms with E-state index in [1.54, 1.807) is 17.0 Å². The number of benzene rings is 1. The molecule has 1 unspecified atom stereocenters. The van der Waals surface area contributed by atoms with E-state index in [1.165, 1.54) is 6.26 Å². The second-order valence-corrected chi connectivity index (χ2v) is 5.48. The van der Waals surface area contributed by atoms with E-state index in [0.717, 1.165) is 11.1 Å². The number of nitrogens with zero attached hydrogens (tertiary/aromatic N) is 1. The highest BCUT2D eigenvalue weighted by molar-refractivity contribution is 5.96. The molecule has 1 aliphatic rings. The average Bonchev–Trinajstić information content (AvgIpc) is 3.12. The topological polar surface area (TPSA) is 88.6 Å². The number of carbonyl (C=O) groups excluding carboxylic acids is 2. The maximum absolute atomic E-state index is 12.7. The molecule has 0 radical (unpaired) electrons. The highest BCUT2D eigenvalue weighted by Gasteiger charge is 2.35. The van der Waals surface area contributed by atoms with Gasteiger partial charge in [-0.2, -0.15) is 0 Å². The number of hydrogen-bond donors (Lipinski definition) is 2. The molecule has 0 fully saturated rings. The quantitative estimate of drug-likeness (QED) is 0.878. The van der Waals surface area contributed by atoms with Crippen LogP contribution in [0.15, 0.2) is 47.1 Å². The number of rotatable bonds is 4. The summed E-state index contributed by atoms with van der Waals surface area (Å²) in [5.74, 6) is -0.233. The lowest BCUT2D eigenvalue weighted by Gasteiger charge is -2.35. The third-order valence-electron chi connectivity index (χ3n) is 3.99. The van der Waals surface area contributed by atoms with E-state index in [4.69, 9.17) is 10.2 Å². The summed E-state index contributed by atoms with van der Waals surface area (Å²) in [6, 6.07) is 10.6. The molecule has 23 heavy (non-hydrogen) atoms. The fourth-order valence-electron chi connectivity index (χ4n) is 2.83. The van der Waals surface area contributed by atoms with Crippen LogP contribution in [-0.2, 0) is 17.8 Å². The molecular weight excluding hydrogens is 294 g/mol. The predicted molar refractivity (Wildman–Crippen MR) is 84.6 cm³/mol. The predicted octanol–water partition coefficient (Wildman–Crippen LogP) is 0.922. The molecule has 3 rings (SSSR count). The number of nitrogens with two attached hydrogens (primary N) is 1. The molecule has 1 atom stereocenters. The molecule has 120 valence electrons. The summed E-state index contributed by atoms with van der Waals surface area (Å²) in [7, 11) is 0. The zero-order valence-electron chi connectivity index (χ0n) is 12.7. The summed E-state index contributed by atoms with van der Waals surface area (Å²) in [5, 5.41) is 2.77. The molecule has 0 aliphatic carbocycles. The summed E-state index contributed by atoms with van der Waals surface area (Å²) in [5.41, 5.74) is 7.58. The minimum Gasteiger partial charge on any atom is -0.459 e. The second-order valence-electron chi connectivity index (χ2n) is 5.48. The van der Waals surface area contributed by atoms with Gasteiger partial charge < -0.3 is 20.4 Å². The first-order valence-corrected chi connectivity index (χ1v) is 7.59. The lowest BCUT2D eigenvalue weighted by Crippen LogP contribution is -2.53. The number of carbonyl (C=O) groups is 2. The standard InChI is InChI=1S/C17H19N3O3/c18-7-8-19-16(21)14-10-12-4-1-2-5-13(12)11-20(14)17(22)15-6-3-9-23-15/h1-6,9,14H,7-8,10-11,18H2,(H,19,21). The molecule has 1 aromatic heterocycles. The molecule has 6 heteroatoms. The number of hydrogen-bond acceptors (Lipinski definition) is 4. The molecule has 0 saturated carbocycles. The van der Waals surface area contributed by atoms with Crippen molar-refractivity contribution in [3.63, 3.8) is 0 Å². The van der Waals surface area contributed by atoms with Crippen molar-refractivity contribution in [2.24, 2.45) is 5.73 Å². The van der Waals surface area contributed by atoms with Crippen LogP contribution >= 0.6 is 0 Å². The molecule has 0 saturated heterocycles. The van der Waals surface area contributed by atoms with Crippen molar-refractivity contribution in [2.75, 3.05) is 13.1 Å². The van der Waals surface area contributed by atoms with Gasteiger partial charge in [0.1, 0.15) is 6.04 Å². The number of nitrogens with one attached hydrogen (secondary N) is 1. The van der Waals surface area contributed by atoms with Crippen LogP contribution in [0.4, 0.5) is 0 Å². The van der Waals surface area contributed by atoms with Crippen LogP contribution in [0.3, 0.4) is 0 Å². The third-order valence-corrected chi connectivity index (χ3v) is 3.99. The highest BCUT2D eigenvalue weighted by Crippen LogP contribution is 2.25. The number of amides is 2. The average molecular weight is 313 g/mol. The molecule has 3 N–H and O–H groups in total. The normalized spacial score (nSPS) is 16.7. The first-order valence-electron chi connectivity index (χ1n) is 7.59. The second kappa shape index (κ2) is 6.66. The summed E-state index contributed by atoms with van der Waals surface area (Å²) in [6.45, 7) is 1.14. The molecule has 6 nitrogen and oxygen atoms in total. The Morgan fingerprint density at radius 2 is 2.00 bits per heavy atom. The zero-order chi connectivity index (χ0) is 16.2. The smallest absolute Gasteiger partial charge is 0.290 e. The molecule has 2 amide bonds.